The number of rotatable bonds is 15. The Morgan fingerprint density at radius 1 is 0.852 bits per heavy atom. The van der Waals surface area contributed by atoms with E-state index in [9.17, 15) is 13.0 Å². The van der Waals surface area contributed by atoms with Gasteiger partial charge in [0, 0.05) is 0 Å². The van der Waals surface area contributed by atoms with E-state index in [1.54, 1.807) is 26.0 Å². The van der Waals surface area contributed by atoms with E-state index in [1.165, 1.54) is 12.1 Å². The molecule has 0 spiro atoms. The fraction of sp³-hybridized carbons (Fsp3) is 0.647. The van der Waals surface area contributed by atoms with E-state index < -0.39 is 17.7 Å². The molecule has 0 unspecified atom stereocenters. The Labute approximate surface area is 161 Å². The van der Waals surface area contributed by atoms with Gasteiger partial charge in [0.2, 0.25) is 0 Å². The molecule has 27 heavy (non-hydrogen) atoms. The molecule has 0 bridgehead atoms. The van der Waals surface area contributed by atoms with Crippen molar-refractivity contribution in [2.45, 2.75) is 25.7 Å². The van der Waals surface area contributed by atoms with E-state index in [2.05, 4.69) is 0 Å². The molecule has 0 radical (unpaired) electrons. The summed E-state index contributed by atoms with van der Waals surface area (Å²) in [4.78, 5) is 0.115. The van der Waals surface area contributed by atoms with Crippen molar-refractivity contribution in [1.29, 1.82) is 0 Å². The van der Waals surface area contributed by atoms with E-state index in [0.717, 1.165) is 5.56 Å². The standard InChI is InChI=1S/C17H29O8PS/c1-4-23-26(18,24-5-2)15-14-22-11-10-21-12-13-25-27(19,20)17-8-6-16(3)7-9-17/h6-9H,4-5,10-15H2,1-3H3. The molecule has 10 heteroatoms. The highest BCUT2D eigenvalue weighted by Gasteiger charge is 2.22. The molecule has 0 aliphatic heterocycles. The number of hydrogen-bond acceptors (Lipinski definition) is 8. The maximum atomic E-state index is 12.2. The SMILES string of the molecule is CCOP(=O)(CCOCCOCCOS(=O)(=O)c1ccc(C)cc1)OCC. The Kier molecular flexibility index (Phi) is 11.3. The van der Waals surface area contributed by atoms with Crippen LogP contribution >= 0.6 is 7.60 Å². The normalized spacial score (nSPS) is 12.4. The van der Waals surface area contributed by atoms with Crippen molar-refractivity contribution in [3.05, 3.63) is 29.8 Å². The lowest BCUT2D eigenvalue weighted by molar-refractivity contribution is 0.0405. The highest BCUT2D eigenvalue weighted by molar-refractivity contribution is 7.86. The topological polar surface area (TPSA) is 97.4 Å². The minimum atomic E-state index is -3.78. The molecule has 0 saturated carbocycles. The fourth-order valence-corrected chi connectivity index (χ4v) is 4.40. The lowest BCUT2D eigenvalue weighted by Crippen LogP contribution is -2.14. The van der Waals surface area contributed by atoms with Crippen molar-refractivity contribution in [3.63, 3.8) is 0 Å². The van der Waals surface area contributed by atoms with Crippen molar-refractivity contribution >= 4 is 17.7 Å². The Balaban J connectivity index is 2.13. The van der Waals surface area contributed by atoms with Gasteiger partial charge in [-0.25, -0.2) is 0 Å². The van der Waals surface area contributed by atoms with Gasteiger partial charge in [0.05, 0.1) is 57.3 Å². The zero-order chi connectivity index (χ0) is 20.2. The molecule has 0 saturated heterocycles. The van der Waals surface area contributed by atoms with Gasteiger partial charge in [0.25, 0.3) is 10.1 Å². The van der Waals surface area contributed by atoms with Crippen molar-refractivity contribution in [2.24, 2.45) is 0 Å². The summed E-state index contributed by atoms with van der Waals surface area (Å²) in [5.74, 6) is 0. The molecule has 156 valence electrons. The minimum Gasteiger partial charge on any atom is -0.378 e. The molecule has 0 N–H and O–H groups in total. The third-order valence-electron chi connectivity index (χ3n) is 3.31. The summed E-state index contributed by atoms with van der Waals surface area (Å²) in [5, 5.41) is 0. The van der Waals surface area contributed by atoms with E-state index >= 15 is 0 Å². The van der Waals surface area contributed by atoms with Crippen LogP contribution in [0.25, 0.3) is 0 Å². The summed E-state index contributed by atoms with van der Waals surface area (Å²) < 4.78 is 61.9. The van der Waals surface area contributed by atoms with Gasteiger partial charge in [-0.15, -0.1) is 0 Å². The maximum Gasteiger partial charge on any atom is 0.332 e. The third kappa shape index (κ3) is 9.80. The molecule has 0 aliphatic carbocycles. The van der Waals surface area contributed by atoms with Crippen LogP contribution in [0.3, 0.4) is 0 Å². The Morgan fingerprint density at radius 3 is 1.93 bits per heavy atom. The van der Waals surface area contributed by atoms with Crippen molar-refractivity contribution in [1.82, 2.24) is 0 Å². The van der Waals surface area contributed by atoms with Gasteiger partial charge in [-0.3, -0.25) is 8.75 Å². The molecule has 8 nitrogen and oxygen atoms in total. The molecule has 0 aliphatic rings. The maximum absolute atomic E-state index is 12.2. The predicted molar refractivity (Wildman–Crippen MR) is 102 cm³/mol. The predicted octanol–water partition coefficient (Wildman–Crippen LogP) is 3.00. The first-order chi connectivity index (χ1) is 12.8. The van der Waals surface area contributed by atoms with Gasteiger partial charge in [0.15, 0.2) is 0 Å². The van der Waals surface area contributed by atoms with Crippen LogP contribution in [-0.2, 0) is 37.4 Å². The van der Waals surface area contributed by atoms with E-state index in [1.807, 2.05) is 6.92 Å². The summed E-state index contributed by atoms with van der Waals surface area (Å²) in [5.41, 5.74) is 0.969. The van der Waals surface area contributed by atoms with Crippen LogP contribution in [0.15, 0.2) is 29.2 Å². The average Bonchev–Trinajstić information content (AvgIpc) is 2.61. The minimum absolute atomic E-state index is 0.0832. The Morgan fingerprint density at radius 2 is 1.37 bits per heavy atom. The van der Waals surface area contributed by atoms with Gasteiger partial charge in [0.1, 0.15) is 0 Å². The summed E-state index contributed by atoms with van der Waals surface area (Å²) in [7, 11) is -6.87. The highest BCUT2D eigenvalue weighted by atomic mass is 32.2. The van der Waals surface area contributed by atoms with E-state index in [-0.39, 0.29) is 44.1 Å². The number of hydrogen-bond donors (Lipinski definition) is 0. The fourth-order valence-electron chi connectivity index (χ4n) is 2.03. The first-order valence-electron chi connectivity index (χ1n) is 8.82. The first kappa shape index (κ1) is 24.2. The molecule has 0 heterocycles. The summed E-state index contributed by atoms with van der Waals surface area (Å²) >= 11 is 0. The van der Waals surface area contributed by atoms with Gasteiger partial charge in [-0.05, 0) is 32.9 Å². The smallest absolute Gasteiger partial charge is 0.332 e. The van der Waals surface area contributed by atoms with Crippen LogP contribution in [0.2, 0.25) is 0 Å². The van der Waals surface area contributed by atoms with E-state index in [0.29, 0.717) is 13.2 Å². The summed E-state index contributed by atoms with van der Waals surface area (Å²) in [6.07, 6.45) is 0.173. The van der Waals surface area contributed by atoms with Crippen LogP contribution in [0.5, 0.6) is 0 Å². The molecule has 0 fully saturated rings. The van der Waals surface area contributed by atoms with Crippen LogP contribution in [0.1, 0.15) is 19.4 Å². The third-order valence-corrected chi connectivity index (χ3v) is 6.67. The second kappa shape index (κ2) is 12.6. The lowest BCUT2D eigenvalue weighted by Gasteiger charge is -2.16. The van der Waals surface area contributed by atoms with Crippen LogP contribution in [0.4, 0.5) is 0 Å². The van der Waals surface area contributed by atoms with Gasteiger partial charge < -0.3 is 18.5 Å². The van der Waals surface area contributed by atoms with Crippen LogP contribution in [-0.4, -0.2) is 60.8 Å². The number of benzene rings is 1. The van der Waals surface area contributed by atoms with Crippen LogP contribution in [0, 0.1) is 6.92 Å². The molecule has 1 aromatic carbocycles. The highest BCUT2D eigenvalue weighted by Crippen LogP contribution is 2.47. The second-order valence-corrected chi connectivity index (χ2v) is 9.28. The van der Waals surface area contributed by atoms with Crippen LogP contribution < -0.4 is 0 Å². The number of ether oxygens (including phenoxy) is 2. The molecular formula is C17H29O8PS. The molecule has 1 rings (SSSR count). The monoisotopic (exact) mass is 424 g/mol. The average molecular weight is 424 g/mol. The Hall–Kier alpha value is -0.800. The van der Waals surface area contributed by atoms with Crippen molar-refractivity contribution in [3.8, 4) is 0 Å². The van der Waals surface area contributed by atoms with Crippen molar-refractivity contribution < 1.29 is 35.7 Å². The number of aryl methyl sites for hydroxylation is 1. The first-order valence-corrected chi connectivity index (χ1v) is 12.0. The van der Waals surface area contributed by atoms with Crippen molar-refractivity contribution in [2.75, 3.05) is 52.4 Å². The van der Waals surface area contributed by atoms with Gasteiger partial charge in [-0.2, -0.15) is 8.42 Å². The zero-order valence-electron chi connectivity index (χ0n) is 16.1. The Bertz CT molecular complexity index is 665. The van der Waals surface area contributed by atoms with Gasteiger partial charge in [-0.1, -0.05) is 17.7 Å². The van der Waals surface area contributed by atoms with Gasteiger partial charge >= 0.3 is 7.60 Å². The second-order valence-electron chi connectivity index (χ2n) is 5.48. The lowest BCUT2D eigenvalue weighted by atomic mass is 10.2. The molecular weight excluding hydrogens is 395 g/mol. The molecule has 0 atom stereocenters. The summed E-state index contributed by atoms with van der Waals surface area (Å²) in [6.45, 7) is 6.80. The quantitative estimate of drug-likeness (QED) is 0.241. The zero-order valence-corrected chi connectivity index (χ0v) is 17.8. The summed E-state index contributed by atoms with van der Waals surface area (Å²) in [6, 6.07) is 6.42. The molecule has 0 amide bonds. The van der Waals surface area contributed by atoms with E-state index in [4.69, 9.17) is 22.7 Å². The molecule has 0 aromatic heterocycles. The molecule has 1 aromatic rings. The largest absolute Gasteiger partial charge is 0.378 e.